The van der Waals surface area contributed by atoms with Gasteiger partial charge in [0.1, 0.15) is 0 Å². The van der Waals surface area contributed by atoms with Crippen LogP contribution in [0, 0.1) is 5.92 Å². The number of carbonyl (C=O) groups is 2. The lowest BCUT2D eigenvalue weighted by molar-refractivity contribution is -0.186. The van der Waals surface area contributed by atoms with Crippen LogP contribution < -0.4 is 0 Å². The first-order chi connectivity index (χ1) is 12.5. The predicted octanol–water partition coefficient (Wildman–Crippen LogP) is 6.56. The zero-order valence-corrected chi connectivity index (χ0v) is 17.7. The van der Waals surface area contributed by atoms with E-state index >= 15 is 0 Å². The first-order valence-electron chi connectivity index (χ1n) is 10.9. The second-order valence-electron chi connectivity index (χ2n) is 7.64. The quantitative estimate of drug-likeness (QED) is 0.165. The van der Waals surface area contributed by atoms with Gasteiger partial charge in [-0.15, -0.1) is 0 Å². The second kappa shape index (κ2) is 17.4. The summed E-state index contributed by atoms with van der Waals surface area (Å²) in [5, 5.41) is 0. The van der Waals surface area contributed by atoms with Crippen LogP contribution in [0.5, 0.6) is 0 Å². The molecule has 0 N–H and O–H groups in total. The average molecular weight is 371 g/mol. The molecular weight excluding hydrogens is 328 g/mol. The Morgan fingerprint density at radius 1 is 0.654 bits per heavy atom. The summed E-state index contributed by atoms with van der Waals surface area (Å²) in [6.07, 6.45) is 16.3. The third-order valence-electron chi connectivity index (χ3n) is 4.54. The van der Waals surface area contributed by atoms with Gasteiger partial charge < -0.3 is 9.47 Å². The van der Waals surface area contributed by atoms with Crippen molar-refractivity contribution in [2.75, 3.05) is 0 Å². The Kier molecular flexibility index (Phi) is 16.7. The molecule has 0 aliphatic heterocycles. The van der Waals surface area contributed by atoms with Crippen molar-refractivity contribution in [3.63, 3.8) is 0 Å². The molecule has 0 spiro atoms. The summed E-state index contributed by atoms with van der Waals surface area (Å²) in [4.78, 5) is 23.1. The molecule has 1 unspecified atom stereocenters. The number of hydrogen-bond donors (Lipinski definition) is 0. The van der Waals surface area contributed by atoms with Crippen LogP contribution in [0.2, 0.25) is 0 Å². The van der Waals surface area contributed by atoms with E-state index in [1.807, 2.05) is 0 Å². The largest absolute Gasteiger partial charge is 0.425 e. The van der Waals surface area contributed by atoms with Crippen molar-refractivity contribution >= 4 is 11.9 Å². The van der Waals surface area contributed by atoms with Gasteiger partial charge in [0, 0.05) is 13.3 Å². The first-order valence-corrected chi connectivity index (χ1v) is 10.9. The van der Waals surface area contributed by atoms with Gasteiger partial charge in [-0.25, -0.2) is 0 Å². The molecule has 4 nitrogen and oxygen atoms in total. The lowest BCUT2D eigenvalue weighted by atomic mass is 10.0. The van der Waals surface area contributed by atoms with E-state index in [1.165, 1.54) is 70.6 Å². The molecule has 0 aromatic rings. The van der Waals surface area contributed by atoms with Gasteiger partial charge >= 0.3 is 11.9 Å². The zero-order valence-electron chi connectivity index (χ0n) is 17.7. The van der Waals surface area contributed by atoms with Gasteiger partial charge in [-0.2, -0.15) is 0 Å². The summed E-state index contributed by atoms with van der Waals surface area (Å²) in [7, 11) is 0. The van der Waals surface area contributed by atoms with Crippen LogP contribution in [0.15, 0.2) is 0 Å². The van der Waals surface area contributed by atoms with E-state index in [9.17, 15) is 9.59 Å². The maximum atomic E-state index is 11.7. The molecule has 154 valence electrons. The molecule has 0 amide bonds. The minimum absolute atomic E-state index is 0.211. The Labute approximate surface area is 161 Å². The second-order valence-corrected chi connectivity index (χ2v) is 7.64. The number of rotatable bonds is 17. The molecule has 0 heterocycles. The molecule has 0 aromatic carbocycles. The minimum Gasteiger partial charge on any atom is -0.425 e. The zero-order chi connectivity index (χ0) is 19.6. The van der Waals surface area contributed by atoms with Crippen molar-refractivity contribution in [1.82, 2.24) is 0 Å². The summed E-state index contributed by atoms with van der Waals surface area (Å²) in [5.74, 6) is -0.833. The van der Waals surface area contributed by atoms with E-state index in [4.69, 9.17) is 9.47 Å². The van der Waals surface area contributed by atoms with Gasteiger partial charge in [0.25, 0.3) is 0 Å². The predicted molar refractivity (Wildman–Crippen MR) is 107 cm³/mol. The van der Waals surface area contributed by atoms with Gasteiger partial charge in [0.15, 0.2) is 0 Å². The van der Waals surface area contributed by atoms with E-state index in [0.717, 1.165) is 12.8 Å². The highest BCUT2D eigenvalue weighted by Crippen LogP contribution is 2.13. The van der Waals surface area contributed by atoms with Crippen LogP contribution >= 0.6 is 0 Å². The SMILES string of the molecule is CCCCCCCCCCCCCCCC(=O)OC(C)OC(=O)C(C)C. The number of ether oxygens (including phenoxy) is 2. The molecule has 0 saturated carbocycles. The van der Waals surface area contributed by atoms with Crippen molar-refractivity contribution in [1.29, 1.82) is 0 Å². The van der Waals surface area contributed by atoms with Gasteiger partial charge in [-0.3, -0.25) is 9.59 Å². The summed E-state index contributed by atoms with van der Waals surface area (Å²) in [6, 6.07) is 0. The van der Waals surface area contributed by atoms with Crippen molar-refractivity contribution in [2.45, 2.75) is 124 Å². The average Bonchev–Trinajstić information content (AvgIpc) is 2.58. The molecule has 0 rings (SSSR count). The van der Waals surface area contributed by atoms with Crippen molar-refractivity contribution in [2.24, 2.45) is 5.92 Å². The van der Waals surface area contributed by atoms with Gasteiger partial charge in [0.05, 0.1) is 5.92 Å². The molecule has 0 aliphatic rings. The summed E-state index contributed by atoms with van der Waals surface area (Å²) < 4.78 is 10.1. The van der Waals surface area contributed by atoms with Gasteiger partial charge in [0.2, 0.25) is 6.29 Å². The Balaban J connectivity index is 3.36. The molecule has 1 atom stereocenters. The van der Waals surface area contributed by atoms with Crippen LogP contribution in [-0.2, 0) is 19.1 Å². The molecule has 0 radical (unpaired) electrons. The maximum Gasteiger partial charge on any atom is 0.311 e. The third kappa shape index (κ3) is 16.4. The Morgan fingerprint density at radius 2 is 1.08 bits per heavy atom. The standard InChI is InChI=1S/C22H42O4/c1-5-6-7-8-9-10-11-12-13-14-15-16-17-18-21(23)25-20(4)26-22(24)19(2)3/h19-20H,5-18H2,1-4H3. The Bertz CT molecular complexity index is 352. The molecule has 0 fully saturated rings. The van der Waals surface area contributed by atoms with E-state index in [2.05, 4.69) is 6.92 Å². The molecule has 4 heteroatoms. The number of hydrogen-bond acceptors (Lipinski definition) is 4. The van der Waals surface area contributed by atoms with E-state index in [1.54, 1.807) is 20.8 Å². The monoisotopic (exact) mass is 370 g/mol. The highest BCUT2D eigenvalue weighted by Gasteiger charge is 2.16. The smallest absolute Gasteiger partial charge is 0.311 e. The third-order valence-corrected chi connectivity index (χ3v) is 4.54. The van der Waals surface area contributed by atoms with Gasteiger partial charge in [-0.1, -0.05) is 97.8 Å². The van der Waals surface area contributed by atoms with Gasteiger partial charge in [-0.05, 0) is 6.42 Å². The Hall–Kier alpha value is -1.06. The molecule has 26 heavy (non-hydrogen) atoms. The van der Waals surface area contributed by atoms with Crippen molar-refractivity contribution in [3.05, 3.63) is 0 Å². The van der Waals surface area contributed by atoms with Crippen molar-refractivity contribution < 1.29 is 19.1 Å². The highest BCUT2D eigenvalue weighted by molar-refractivity contribution is 5.72. The molecule has 0 aromatic heterocycles. The fourth-order valence-corrected chi connectivity index (χ4v) is 2.85. The minimum atomic E-state index is -0.792. The van der Waals surface area contributed by atoms with E-state index in [-0.39, 0.29) is 17.9 Å². The van der Waals surface area contributed by atoms with Crippen LogP contribution in [0.4, 0.5) is 0 Å². The summed E-state index contributed by atoms with van der Waals surface area (Å²) in [5.41, 5.74) is 0. The summed E-state index contributed by atoms with van der Waals surface area (Å²) >= 11 is 0. The molecule has 0 saturated heterocycles. The van der Waals surface area contributed by atoms with Crippen LogP contribution in [0.1, 0.15) is 118 Å². The maximum absolute atomic E-state index is 11.7. The lowest BCUT2D eigenvalue weighted by Gasteiger charge is -2.15. The lowest BCUT2D eigenvalue weighted by Crippen LogP contribution is -2.24. The van der Waals surface area contributed by atoms with Crippen LogP contribution in [-0.4, -0.2) is 18.2 Å². The van der Waals surface area contributed by atoms with E-state index in [0.29, 0.717) is 6.42 Å². The normalized spacial score (nSPS) is 12.2. The number of unbranched alkanes of at least 4 members (excludes halogenated alkanes) is 12. The number of esters is 2. The molecule has 0 aliphatic carbocycles. The Morgan fingerprint density at radius 3 is 1.50 bits per heavy atom. The van der Waals surface area contributed by atoms with Crippen LogP contribution in [0.25, 0.3) is 0 Å². The topological polar surface area (TPSA) is 52.6 Å². The summed E-state index contributed by atoms with van der Waals surface area (Å²) in [6.45, 7) is 7.35. The van der Waals surface area contributed by atoms with Crippen molar-refractivity contribution in [3.8, 4) is 0 Å². The fourth-order valence-electron chi connectivity index (χ4n) is 2.85. The number of carbonyl (C=O) groups excluding carboxylic acids is 2. The molecule has 0 bridgehead atoms. The first kappa shape index (κ1) is 24.9. The fraction of sp³-hybridized carbons (Fsp3) is 0.909. The van der Waals surface area contributed by atoms with E-state index < -0.39 is 6.29 Å². The van der Waals surface area contributed by atoms with Crippen LogP contribution in [0.3, 0.4) is 0 Å². The molecular formula is C22H42O4. The highest BCUT2D eigenvalue weighted by atomic mass is 16.7.